The van der Waals surface area contributed by atoms with Gasteiger partial charge in [0.25, 0.3) is 5.91 Å². The molecule has 24 heavy (non-hydrogen) atoms. The van der Waals surface area contributed by atoms with Crippen LogP contribution >= 0.6 is 0 Å². The Morgan fingerprint density at radius 1 is 1.25 bits per heavy atom. The summed E-state index contributed by atoms with van der Waals surface area (Å²) in [4.78, 5) is 14.8. The molecule has 1 amide bonds. The lowest BCUT2D eigenvalue weighted by Gasteiger charge is -2.31. The van der Waals surface area contributed by atoms with Gasteiger partial charge in [-0.15, -0.1) is 0 Å². The van der Waals surface area contributed by atoms with E-state index in [9.17, 15) is 4.79 Å². The molecule has 1 saturated heterocycles. The van der Waals surface area contributed by atoms with Gasteiger partial charge in [-0.2, -0.15) is 0 Å². The van der Waals surface area contributed by atoms with E-state index in [-0.39, 0.29) is 17.7 Å². The highest BCUT2D eigenvalue weighted by Gasteiger charge is 2.22. The Kier molecular flexibility index (Phi) is 5.27. The number of benzene rings is 1. The van der Waals surface area contributed by atoms with E-state index in [1.54, 1.807) is 13.0 Å². The van der Waals surface area contributed by atoms with Crippen LogP contribution in [0, 0.1) is 13.8 Å². The topological polar surface area (TPSA) is 67.6 Å². The smallest absolute Gasteiger partial charge is 0.290 e. The molecular weight excluding hydrogens is 306 g/mol. The fourth-order valence-electron chi connectivity index (χ4n) is 2.78. The third kappa shape index (κ3) is 4.21. The van der Waals surface area contributed by atoms with Crippen molar-refractivity contribution in [3.05, 3.63) is 52.9 Å². The summed E-state index contributed by atoms with van der Waals surface area (Å²) in [6, 6.07) is 9.79. The highest BCUT2D eigenvalue weighted by molar-refractivity contribution is 5.91. The molecule has 128 valence electrons. The minimum absolute atomic E-state index is 0.110. The lowest BCUT2D eigenvalue weighted by atomic mass is 10.0. The third-order valence-electron chi connectivity index (χ3n) is 4.18. The van der Waals surface area contributed by atoms with E-state index in [1.165, 1.54) is 5.56 Å². The first-order valence-corrected chi connectivity index (χ1v) is 8.22. The van der Waals surface area contributed by atoms with Crippen molar-refractivity contribution in [2.45, 2.75) is 19.9 Å². The summed E-state index contributed by atoms with van der Waals surface area (Å²) >= 11 is 0. The molecule has 1 unspecified atom stereocenters. The van der Waals surface area contributed by atoms with Gasteiger partial charge in [-0.25, -0.2) is 0 Å². The second kappa shape index (κ2) is 7.59. The van der Waals surface area contributed by atoms with Crippen molar-refractivity contribution >= 4 is 5.91 Å². The number of nitrogens with zero attached hydrogens (tertiary/aromatic N) is 2. The van der Waals surface area contributed by atoms with Gasteiger partial charge < -0.3 is 14.6 Å². The van der Waals surface area contributed by atoms with Crippen molar-refractivity contribution in [3.8, 4) is 0 Å². The number of aryl methyl sites for hydroxylation is 2. The van der Waals surface area contributed by atoms with Crippen LogP contribution in [0.1, 0.15) is 33.4 Å². The van der Waals surface area contributed by atoms with E-state index in [4.69, 9.17) is 9.26 Å². The standard InChI is InChI=1S/C18H23N3O3/c1-13-3-5-15(6-4-13)16(12-21-7-9-23-10-8-21)19-18(22)17-11-14(2)20-24-17/h3-6,11,16H,7-10,12H2,1-2H3,(H,19,22). The summed E-state index contributed by atoms with van der Waals surface area (Å²) in [5.74, 6) is 0.000948. The van der Waals surface area contributed by atoms with E-state index >= 15 is 0 Å². The molecule has 3 rings (SSSR count). The first-order chi connectivity index (χ1) is 11.6. The van der Waals surface area contributed by atoms with Gasteiger partial charge in [0.2, 0.25) is 5.76 Å². The van der Waals surface area contributed by atoms with Gasteiger partial charge in [-0.05, 0) is 19.4 Å². The summed E-state index contributed by atoms with van der Waals surface area (Å²) in [5, 5.41) is 6.86. The number of amides is 1. The minimum Gasteiger partial charge on any atom is -0.379 e. The molecule has 1 aliphatic heterocycles. The van der Waals surface area contributed by atoms with Crippen LogP contribution in [-0.2, 0) is 4.74 Å². The molecule has 6 nitrogen and oxygen atoms in total. The van der Waals surface area contributed by atoms with Crippen LogP contribution in [-0.4, -0.2) is 48.8 Å². The van der Waals surface area contributed by atoms with Crippen LogP contribution in [0.3, 0.4) is 0 Å². The zero-order chi connectivity index (χ0) is 16.9. The number of morpholine rings is 1. The molecule has 1 aromatic heterocycles. The van der Waals surface area contributed by atoms with Crippen molar-refractivity contribution in [1.82, 2.24) is 15.4 Å². The molecule has 0 radical (unpaired) electrons. The van der Waals surface area contributed by atoms with Gasteiger partial charge in [-0.3, -0.25) is 9.69 Å². The summed E-state index contributed by atoms with van der Waals surface area (Å²) in [7, 11) is 0. The van der Waals surface area contributed by atoms with Gasteiger partial charge in [0.1, 0.15) is 0 Å². The Labute approximate surface area is 141 Å². The zero-order valence-corrected chi connectivity index (χ0v) is 14.1. The molecule has 2 heterocycles. The highest BCUT2D eigenvalue weighted by Crippen LogP contribution is 2.17. The Balaban J connectivity index is 1.75. The fraction of sp³-hybridized carbons (Fsp3) is 0.444. The van der Waals surface area contributed by atoms with Gasteiger partial charge in [0, 0.05) is 25.7 Å². The number of nitrogens with one attached hydrogen (secondary N) is 1. The number of rotatable bonds is 5. The molecular formula is C18H23N3O3. The minimum atomic E-state index is -0.241. The first kappa shape index (κ1) is 16.7. The third-order valence-corrected chi connectivity index (χ3v) is 4.18. The molecule has 0 aliphatic carbocycles. The summed E-state index contributed by atoms with van der Waals surface area (Å²) < 4.78 is 10.5. The van der Waals surface area contributed by atoms with Crippen LogP contribution < -0.4 is 5.32 Å². The SMILES string of the molecule is Cc1ccc(C(CN2CCOCC2)NC(=O)c2cc(C)no2)cc1. The lowest BCUT2D eigenvalue weighted by molar-refractivity contribution is 0.0331. The quantitative estimate of drug-likeness (QED) is 0.910. The largest absolute Gasteiger partial charge is 0.379 e. The molecule has 1 atom stereocenters. The second-order valence-corrected chi connectivity index (χ2v) is 6.18. The summed E-state index contributed by atoms with van der Waals surface area (Å²) in [6.45, 7) is 7.80. The van der Waals surface area contributed by atoms with Crippen LogP contribution in [0.15, 0.2) is 34.9 Å². The van der Waals surface area contributed by atoms with Crippen LogP contribution in [0.4, 0.5) is 0 Å². The van der Waals surface area contributed by atoms with Gasteiger partial charge in [0.05, 0.1) is 24.9 Å². The zero-order valence-electron chi connectivity index (χ0n) is 14.1. The second-order valence-electron chi connectivity index (χ2n) is 6.18. The summed E-state index contributed by atoms with van der Waals surface area (Å²) in [6.07, 6.45) is 0. The number of ether oxygens (including phenoxy) is 1. The molecule has 1 N–H and O–H groups in total. The van der Waals surface area contributed by atoms with E-state index in [1.807, 2.05) is 0 Å². The van der Waals surface area contributed by atoms with E-state index in [0.717, 1.165) is 38.4 Å². The fourth-order valence-corrected chi connectivity index (χ4v) is 2.78. The van der Waals surface area contributed by atoms with E-state index in [0.29, 0.717) is 5.69 Å². The highest BCUT2D eigenvalue weighted by atomic mass is 16.5. The van der Waals surface area contributed by atoms with Gasteiger partial charge in [0.15, 0.2) is 0 Å². The number of aromatic nitrogens is 1. The van der Waals surface area contributed by atoms with Crippen LogP contribution in [0.25, 0.3) is 0 Å². The number of carbonyl (C=O) groups excluding carboxylic acids is 1. The Hall–Kier alpha value is -2.18. The number of carbonyl (C=O) groups is 1. The maximum atomic E-state index is 12.5. The van der Waals surface area contributed by atoms with Gasteiger partial charge in [-0.1, -0.05) is 35.0 Å². The van der Waals surface area contributed by atoms with Crippen molar-refractivity contribution in [3.63, 3.8) is 0 Å². The maximum absolute atomic E-state index is 12.5. The molecule has 1 aromatic carbocycles. The van der Waals surface area contributed by atoms with Gasteiger partial charge >= 0.3 is 0 Å². The lowest BCUT2D eigenvalue weighted by Crippen LogP contribution is -2.43. The van der Waals surface area contributed by atoms with Crippen LogP contribution in [0.5, 0.6) is 0 Å². The predicted octanol–water partition coefficient (Wildman–Crippen LogP) is 2.09. The molecule has 2 aromatic rings. The average molecular weight is 329 g/mol. The van der Waals surface area contributed by atoms with E-state index in [2.05, 4.69) is 46.6 Å². The van der Waals surface area contributed by atoms with Crippen molar-refractivity contribution < 1.29 is 14.1 Å². The maximum Gasteiger partial charge on any atom is 0.290 e. The molecule has 0 saturated carbocycles. The predicted molar refractivity (Wildman–Crippen MR) is 89.9 cm³/mol. The van der Waals surface area contributed by atoms with E-state index < -0.39 is 0 Å². The monoisotopic (exact) mass is 329 g/mol. The number of hydrogen-bond donors (Lipinski definition) is 1. The Morgan fingerprint density at radius 3 is 2.58 bits per heavy atom. The van der Waals surface area contributed by atoms with Crippen molar-refractivity contribution in [2.75, 3.05) is 32.8 Å². The normalized spacial score (nSPS) is 16.8. The molecule has 6 heteroatoms. The molecule has 0 bridgehead atoms. The number of hydrogen-bond acceptors (Lipinski definition) is 5. The summed E-state index contributed by atoms with van der Waals surface area (Å²) in [5.41, 5.74) is 2.97. The van der Waals surface area contributed by atoms with Crippen LogP contribution in [0.2, 0.25) is 0 Å². The van der Waals surface area contributed by atoms with Crippen molar-refractivity contribution in [2.24, 2.45) is 0 Å². The molecule has 1 fully saturated rings. The Bertz CT molecular complexity index is 675. The Morgan fingerprint density at radius 2 is 1.96 bits per heavy atom. The average Bonchev–Trinajstić information content (AvgIpc) is 3.02. The first-order valence-electron chi connectivity index (χ1n) is 8.22. The van der Waals surface area contributed by atoms with Crippen molar-refractivity contribution in [1.29, 1.82) is 0 Å². The molecule has 1 aliphatic rings. The molecule has 0 spiro atoms.